The van der Waals surface area contributed by atoms with E-state index in [9.17, 15) is 45.8 Å². The van der Waals surface area contributed by atoms with Crippen LogP contribution in [0.2, 0.25) is 0 Å². The minimum absolute atomic E-state index is 0.0284. The Labute approximate surface area is 309 Å². The molecule has 1 saturated heterocycles. The highest BCUT2D eigenvalue weighted by Gasteiger charge is 2.48. The number of amides is 2. The quantitative estimate of drug-likeness (QED) is 0.125. The number of carboxylic acid groups (broad SMARTS) is 1. The minimum atomic E-state index is -4.99. The van der Waals surface area contributed by atoms with Gasteiger partial charge in [0.2, 0.25) is 17.6 Å². The molecule has 2 heterocycles. The number of ether oxygens (including phenoxy) is 2. The first-order valence-electron chi connectivity index (χ1n) is 17.0. The summed E-state index contributed by atoms with van der Waals surface area (Å²) in [6.45, 7) is 2.03. The second-order valence-corrected chi connectivity index (χ2v) is 12.9. The molecule has 12 nitrogen and oxygen atoms in total. The monoisotopic (exact) mass is 788 g/mol. The Kier molecular flexibility index (Phi) is 12.6. The summed E-state index contributed by atoms with van der Waals surface area (Å²) < 4.78 is 123. The zero-order valence-electron chi connectivity index (χ0n) is 29.3. The lowest BCUT2D eigenvalue weighted by Crippen LogP contribution is -2.59. The first-order valence-corrected chi connectivity index (χ1v) is 17.0. The van der Waals surface area contributed by atoms with Crippen molar-refractivity contribution in [3.05, 3.63) is 71.2 Å². The zero-order chi connectivity index (χ0) is 40.1. The molecule has 2 amide bonds. The predicted octanol–water partition coefficient (Wildman–Crippen LogP) is 5.77. The highest BCUT2D eigenvalue weighted by molar-refractivity contribution is 6.05. The summed E-state index contributed by atoms with van der Waals surface area (Å²) in [7, 11) is 1.24. The van der Waals surface area contributed by atoms with E-state index < -0.39 is 99.8 Å². The van der Waals surface area contributed by atoms with Crippen LogP contribution in [0.25, 0.3) is 11.3 Å². The number of nitrogens with one attached hydrogen (secondary N) is 1. The van der Waals surface area contributed by atoms with Gasteiger partial charge in [-0.25, -0.2) is 19.4 Å². The molecule has 2 N–H and O–H groups in total. The summed E-state index contributed by atoms with van der Waals surface area (Å²) in [4.78, 5) is 48.5. The molecule has 20 heteroatoms. The fraction of sp³-hybridized carbons (Fsp3) is 0.457. The fourth-order valence-corrected chi connectivity index (χ4v) is 6.43. The van der Waals surface area contributed by atoms with Crippen LogP contribution in [-0.2, 0) is 38.0 Å². The van der Waals surface area contributed by atoms with Gasteiger partial charge in [-0.15, -0.1) is 0 Å². The minimum Gasteiger partial charge on any atom is -0.489 e. The van der Waals surface area contributed by atoms with Crippen molar-refractivity contribution >= 4 is 23.5 Å². The summed E-state index contributed by atoms with van der Waals surface area (Å²) in [6.07, 6.45) is -9.52. The van der Waals surface area contributed by atoms with Gasteiger partial charge in [-0.2, -0.15) is 30.7 Å². The molecule has 55 heavy (non-hydrogen) atoms. The Balaban J connectivity index is 1.40. The van der Waals surface area contributed by atoms with Gasteiger partial charge in [-0.3, -0.25) is 24.3 Å². The number of benzene rings is 2. The molecule has 3 aromatic rings. The van der Waals surface area contributed by atoms with Crippen molar-refractivity contribution in [1.29, 1.82) is 0 Å². The van der Waals surface area contributed by atoms with E-state index in [1.165, 1.54) is 7.05 Å². The second kappa shape index (κ2) is 16.8. The van der Waals surface area contributed by atoms with Gasteiger partial charge in [0.15, 0.2) is 11.6 Å². The maximum absolute atomic E-state index is 15.5. The van der Waals surface area contributed by atoms with Crippen molar-refractivity contribution in [3.63, 3.8) is 0 Å². The summed E-state index contributed by atoms with van der Waals surface area (Å²) in [6, 6.07) is 4.45. The van der Waals surface area contributed by atoms with Crippen LogP contribution < -0.4 is 10.1 Å². The van der Waals surface area contributed by atoms with E-state index in [1.54, 1.807) is 0 Å². The maximum Gasteiger partial charge on any atom is 0.433 e. The van der Waals surface area contributed by atoms with E-state index in [0.717, 1.165) is 28.2 Å². The van der Waals surface area contributed by atoms with Gasteiger partial charge in [0.05, 0.1) is 36.7 Å². The number of carboxylic acids is 1. The molecule has 1 aromatic heterocycles. The summed E-state index contributed by atoms with van der Waals surface area (Å²) in [5.74, 6) is -6.78. The number of hydrogen-bond acceptors (Lipinski definition) is 9. The lowest BCUT2D eigenvalue weighted by Gasteiger charge is -2.42. The molecule has 0 spiro atoms. The van der Waals surface area contributed by atoms with Crippen molar-refractivity contribution < 1.29 is 64.1 Å². The lowest BCUT2D eigenvalue weighted by atomic mass is 9.97. The van der Waals surface area contributed by atoms with Crippen molar-refractivity contribution in [1.82, 2.24) is 24.9 Å². The fourth-order valence-electron chi connectivity index (χ4n) is 6.43. The number of aliphatic carboxylic acids is 1. The van der Waals surface area contributed by atoms with Gasteiger partial charge in [0, 0.05) is 37.8 Å². The molecule has 1 aliphatic heterocycles. The number of anilines is 1. The maximum atomic E-state index is 15.5. The smallest absolute Gasteiger partial charge is 0.433 e. The van der Waals surface area contributed by atoms with Crippen LogP contribution >= 0.6 is 0 Å². The SMILES string of the molecule is CN(N(Cc1ccc(OCCN2CCOCC2)c(F)c1F)C(=O)CC(=O)Nc1ccc(C(F)(F)F)cc1-c1cc(C(F)(F)F)ncn1)C1(C(=O)O)CCCC1. The number of hydrogen-bond donors (Lipinski definition) is 2. The van der Waals surface area contributed by atoms with E-state index in [1.807, 2.05) is 4.90 Å². The van der Waals surface area contributed by atoms with Crippen LogP contribution in [0.5, 0.6) is 5.75 Å². The summed E-state index contributed by atoms with van der Waals surface area (Å²) in [5, 5.41) is 14.3. The molecule has 5 rings (SSSR count). The van der Waals surface area contributed by atoms with E-state index >= 15 is 8.78 Å². The molecular formula is C35H36F8N6O6. The molecule has 2 aromatic carbocycles. The van der Waals surface area contributed by atoms with Crippen molar-refractivity contribution in [3.8, 4) is 17.0 Å². The standard InChI is InChI=1S/C35H36F8N6O6/c1-47(33(32(52)53)8-2-3-9-33)49(19-21-4-7-26(31(37)30(21)36)55-15-12-48-10-13-54-14-11-48)29(51)18-28(50)46-24-6-5-22(34(38,39)40)16-23(24)25-17-27(35(41,42)43)45-20-44-25/h4-7,16-17,20H,2-3,8-15,18-19H2,1H3,(H,46,50)(H,52,53). The van der Waals surface area contributed by atoms with Crippen LogP contribution in [0, 0.1) is 11.6 Å². The Hall–Kier alpha value is -4.95. The average molecular weight is 789 g/mol. The topological polar surface area (TPSA) is 137 Å². The highest BCUT2D eigenvalue weighted by Crippen LogP contribution is 2.39. The Morgan fingerprint density at radius 1 is 0.964 bits per heavy atom. The Morgan fingerprint density at radius 2 is 1.65 bits per heavy atom. The van der Waals surface area contributed by atoms with Crippen molar-refractivity contribution in [2.45, 2.75) is 56.5 Å². The number of hydrazine groups is 1. The van der Waals surface area contributed by atoms with Gasteiger partial charge in [-0.05, 0) is 43.2 Å². The number of alkyl halides is 6. The van der Waals surface area contributed by atoms with Gasteiger partial charge < -0.3 is 19.9 Å². The normalized spacial score (nSPS) is 16.3. The summed E-state index contributed by atoms with van der Waals surface area (Å²) in [5.41, 5.74) is -6.50. The number of halogens is 8. The number of rotatable bonds is 13. The molecule has 0 unspecified atom stereocenters. The van der Waals surface area contributed by atoms with Gasteiger partial charge in [0.25, 0.3) is 0 Å². The number of carbonyl (C=O) groups excluding carboxylic acids is 2. The van der Waals surface area contributed by atoms with Crippen molar-refractivity contribution in [2.75, 3.05) is 51.8 Å². The average Bonchev–Trinajstić information content (AvgIpc) is 3.64. The Morgan fingerprint density at radius 3 is 2.29 bits per heavy atom. The number of likely N-dealkylation sites (N-methyl/N-ethyl adjacent to an activating group) is 1. The number of morpholine rings is 1. The van der Waals surface area contributed by atoms with E-state index in [0.29, 0.717) is 70.2 Å². The first-order chi connectivity index (χ1) is 25.9. The first kappa shape index (κ1) is 41.2. The van der Waals surface area contributed by atoms with Crippen LogP contribution in [0.4, 0.5) is 40.8 Å². The number of carbonyl (C=O) groups is 3. The van der Waals surface area contributed by atoms with Crippen LogP contribution in [0.15, 0.2) is 42.7 Å². The third kappa shape index (κ3) is 9.65. The summed E-state index contributed by atoms with van der Waals surface area (Å²) >= 11 is 0. The third-order valence-corrected chi connectivity index (χ3v) is 9.48. The molecule has 0 atom stereocenters. The lowest BCUT2D eigenvalue weighted by molar-refractivity contribution is -0.176. The molecule has 1 aliphatic carbocycles. The van der Waals surface area contributed by atoms with E-state index in [4.69, 9.17) is 9.47 Å². The number of aromatic nitrogens is 2. The molecule has 2 fully saturated rings. The van der Waals surface area contributed by atoms with Crippen LogP contribution in [0.1, 0.15) is 48.9 Å². The molecule has 2 aliphatic rings. The molecule has 298 valence electrons. The van der Waals surface area contributed by atoms with Crippen molar-refractivity contribution in [2.24, 2.45) is 0 Å². The predicted molar refractivity (Wildman–Crippen MR) is 177 cm³/mol. The van der Waals surface area contributed by atoms with Crippen LogP contribution in [-0.4, -0.2) is 99.8 Å². The molecule has 0 radical (unpaired) electrons. The van der Waals surface area contributed by atoms with Gasteiger partial charge in [0.1, 0.15) is 30.6 Å². The van der Waals surface area contributed by atoms with Gasteiger partial charge >= 0.3 is 18.3 Å². The van der Waals surface area contributed by atoms with E-state index in [-0.39, 0.29) is 19.4 Å². The molecule has 0 bridgehead atoms. The number of nitrogens with zero attached hydrogens (tertiary/aromatic N) is 5. The van der Waals surface area contributed by atoms with Crippen LogP contribution in [0.3, 0.4) is 0 Å². The largest absolute Gasteiger partial charge is 0.489 e. The third-order valence-electron chi connectivity index (χ3n) is 9.48. The van der Waals surface area contributed by atoms with Gasteiger partial charge in [-0.1, -0.05) is 18.9 Å². The second-order valence-electron chi connectivity index (χ2n) is 12.9. The molecular weight excluding hydrogens is 752 g/mol. The molecule has 1 saturated carbocycles. The highest BCUT2D eigenvalue weighted by atomic mass is 19.4. The van der Waals surface area contributed by atoms with E-state index in [2.05, 4.69) is 15.3 Å². The zero-order valence-corrected chi connectivity index (χ0v) is 29.3. The Bertz CT molecular complexity index is 1880.